The monoisotopic (exact) mass is 384 g/mol. The summed E-state index contributed by atoms with van der Waals surface area (Å²) in [6.07, 6.45) is 1.16. The first-order valence-electron chi connectivity index (χ1n) is 10.0. The van der Waals surface area contributed by atoms with Crippen LogP contribution >= 0.6 is 0 Å². The van der Waals surface area contributed by atoms with Gasteiger partial charge < -0.3 is 19.6 Å². The fraction of sp³-hybridized carbons (Fsp3) is 0.667. The van der Waals surface area contributed by atoms with Crippen LogP contribution in [0.15, 0.2) is 12.3 Å². The third-order valence-corrected chi connectivity index (χ3v) is 6.79. The molecule has 4 rings (SSSR count). The molecule has 1 amide bonds. The molecule has 4 heterocycles. The summed E-state index contributed by atoms with van der Waals surface area (Å²) in [7, 11) is 1.84. The van der Waals surface area contributed by atoms with E-state index < -0.39 is 6.10 Å². The van der Waals surface area contributed by atoms with E-state index in [2.05, 4.69) is 16.0 Å². The molecule has 3 fully saturated rings. The summed E-state index contributed by atoms with van der Waals surface area (Å²) in [5, 5.41) is 20.4. The van der Waals surface area contributed by atoms with E-state index in [1.807, 2.05) is 33.9 Å². The topological polar surface area (TPSA) is 89.7 Å². The Kier molecular flexibility index (Phi) is 4.80. The normalized spacial score (nSPS) is 33.7. The quantitative estimate of drug-likeness (QED) is 0.846. The van der Waals surface area contributed by atoms with Gasteiger partial charge in [0.15, 0.2) is 0 Å². The van der Waals surface area contributed by atoms with Gasteiger partial charge in [0, 0.05) is 49.9 Å². The molecule has 0 aliphatic carbocycles. The van der Waals surface area contributed by atoms with E-state index in [0.29, 0.717) is 25.1 Å². The van der Waals surface area contributed by atoms with E-state index >= 15 is 0 Å². The van der Waals surface area contributed by atoms with Crippen molar-refractivity contribution in [2.45, 2.75) is 51.5 Å². The van der Waals surface area contributed by atoms with E-state index in [1.54, 1.807) is 11.1 Å². The Morgan fingerprint density at radius 3 is 2.82 bits per heavy atom. The zero-order valence-corrected chi connectivity index (χ0v) is 16.9. The number of aromatic nitrogens is 1. The van der Waals surface area contributed by atoms with Crippen molar-refractivity contribution in [3.05, 3.63) is 23.5 Å². The number of amides is 1. The van der Waals surface area contributed by atoms with Gasteiger partial charge in [-0.1, -0.05) is 0 Å². The van der Waals surface area contributed by atoms with E-state index in [4.69, 9.17) is 4.74 Å². The molecule has 28 heavy (non-hydrogen) atoms. The van der Waals surface area contributed by atoms with E-state index in [-0.39, 0.29) is 41.9 Å². The van der Waals surface area contributed by atoms with Crippen LogP contribution in [-0.2, 0) is 9.53 Å². The lowest BCUT2D eigenvalue weighted by molar-refractivity contribution is -0.147. The van der Waals surface area contributed by atoms with Gasteiger partial charge in [0.2, 0.25) is 5.91 Å². The van der Waals surface area contributed by atoms with E-state index in [9.17, 15) is 15.2 Å². The van der Waals surface area contributed by atoms with Gasteiger partial charge >= 0.3 is 0 Å². The number of fused-ring (bicyclic) bond motifs is 4. The summed E-state index contributed by atoms with van der Waals surface area (Å²) in [5.74, 6) is 0.0112. The molecule has 0 aromatic carbocycles. The molecule has 1 unspecified atom stereocenters. The van der Waals surface area contributed by atoms with Crippen molar-refractivity contribution in [3.8, 4) is 6.07 Å². The molecule has 0 radical (unpaired) electrons. The Bertz CT molecular complexity index is 820. The average molecular weight is 384 g/mol. The molecule has 2 bridgehead atoms. The Balaban J connectivity index is 1.61. The first-order chi connectivity index (χ1) is 13.3. The maximum absolute atomic E-state index is 13.0. The van der Waals surface area contributed by atoms with Gasteiger partial charge in [0.25, 0.3) is 0 Å². The van der Waals surface area contributed by atoms with Gasteiger partial charge in [-0.25, -0.2) is 0 Å². The molecule has 3 aliphatic heterocycles. The van der Waals surface area contributed by atoms with Gasteiger partial charge in [0.05, 0.1) is 35.5 Å². The predicted octanol–water partition coefficient (Wildman–Crippen LogP) is 1.33. The van der Waals surface area contributed by atoms with Crippen molar-refractivity contribution in [2.24, 2.45) is 17.8 Å². The maximum atomic E-state index is 13.0. The molecule has 7 heteroatoms. The SMILES string of the molecule is Cc1cc(N2C[C@H]3[C@H](O)[C@@H]4CC(C(=O)N(C)C(C)C)[C@@H](O4)[C@H]3C2)c(C#N)cn1. The number of carbonyl (C=O) groups excluding carboxylic acids is 1. The van der Waals surface area contributed by atoms with Gasteiger partial charge in [0.1, 0.15) is 6.07 Å². The van der Waals surface area contributed by atoms with Crippen molar-refractivity contribution in [3.63, 3.8) is 0 Å². The van der Waals surface area contributed by atoms with Crippen LogP contribution in [0.1, 0.15) is 31.5 Å². The standard InChI is InChI=1S/C21H28N4O3/c1-11(2)24(4)21(27)14-6-18-19(26)15-9-25(10-16(15)20(14)28-18)17-5-12(3)23-8-13(17)7-22/h5,8,11,14-16,18-20,26H,6,9-10H2,1-4H3/t14?,15-,16+,18+,19+,20-/m1/s1. The Morgan fingerprint density at radius 2 is 2.14 bits per heavy atom. The number of aryl methyl sites for hydroxylation is 1. The molecule has 0 spiro atoms. The number of hydrogen-bond donors (Lipinski definition) is 1. The molecule has 0 saturated carbocycles. The highest BCUT2D eigenvalue weighted by Gasteiger charge is 2.58. The lowest BCUT2D eigenvalue weighted by Gasteiger charge is -2.36. The molecule has 1 aromatic heterocycles. The molecule has 1 N–H and O–H groups in total. The van der Waals surface area contributed by atoms with Crippen molar-refractivity contribution in [2.75, 3.05) is 25.0 Å². The summed E-state index contributed by atoms with van der Waals surface area (Å²) in [5.41, 5.74) is 2.25. The van der Waals surface area contributed by atoms with Crippen LogP contribution in [0.5, 0.6) is 0 Å². The average Bonchev–Trinajstić information content (AvgIpc) is 3.28. The van der Waals surface area contributed by atoms with Crippen LogP contribution in [0, 0.1) is 36.0 Å². The van der Waals surface area contributed by atoms with Crippen LogP contribution in [0.25, 0.3) is 0 Å². The summed E-state index contributed by atoms with van der Waals surface area (Å²) in [6, 6.07) is 4.28. The second-order valence-electron chi connectivity index (χ2n) is 8.70. The minimum absolute atomic E-state index is 0.0471. The third kappa shape index (κ3) is 2.96. The number of nitriles is 1. The minimum Gasteiger partial charge on any atom is -0.390 e. The van der Waals surface area contributed by atoms with E-state index in [0.717, 1.165) is 11.4 Å². The molecule has 3 saturated heterocycles. The third-order valence-electron chi connectivity index (χ3n) is 6.79. The number of ether oxygens (including phenoxy) is 1. The summed E-state index contributed by atoms with van der Waals surface area (Å²) < 4.78 is 6.15. The summed E-state index contributed by atoms with van der Waals surface area (Å²) >= 11 is 0. The predicted molar refractivity (Wildman–Crippen MR) is 104 cm³/mol. The van der Waals surface area contributed by atoms with Gasteiger partial charge in [-0.2, -0.15) is 5.26 Å². The Labute approximate surface area is 165 Å². The van der Waals surface area contributed by atoms with Crippen molar-refractivity contribution < 1.29 is 14.6 Å². The molecular weight excluding hydrogens is 356 g/mol. The number of aliphatic hydroxyl groups is 1. The summed E-state index contributed by atoms with van der Waals surface area (Å²) in [6.45, 7) is 7.26. The van der Waals surface area contributed by atoms with Gasteiger partial charge in [-0.3, -0.25) is 9.78 Å². The maximum Gasteiger partial charge on any atom is 0.228 e. The largest absolute Gasteiger partial charge is 0.390 e. The molecule has 3 aliphatic rings. The van der Waals surface area contributed by atoms with E-state index in [1.165, 1.54) is 0 Å². The number of carbonyl (C=O) groups is 1. The molecule has 7 nitrogen and oxygen atoms in total. The minimum atomic E-state index is -0.582. The summed E-state index contributed by atoms with van der Waals surface area (Å²) in [4.78, 5) is 21.2. The second kappa shape index (κ2) is 7.02. The zero-order chi connectivity index (χ0) is 20.2. The second-order valence-corrected chi connectivity index (χ2v) is 8.70. The van der Waals surface area contributed by atoms with Crippen LogP contribution < -0.4 is 4.90 Å². The van der Waals surface area contributed by atoms with Crippen LogP contribution in [-0.4, -0.2) is 65.4 Å². The number of anilines is 1. The Hall–Kier alpha value is -2.17. The highest BCUT2D eigenvalue weighted by atomic mass is 16.5. The molecule has 1 aromatic rings. The first kappa shape index (κ1) is 19.2. The number of aliphatic hydroxyl groups excluding tert-OH is 1. The lowest BCUT2D eigenvalue weighted by atomic mass is 9.83. The van der Waals surface area contributed by atoms with Crippen LogP contribution in [0.4, 0.5) is 5.69 Å². The molecule has 6 atom stereocenters. The number of pyridine rings is 1. The van der Waals surface area contributed by atoms with Gasteiger partial charge in [-0.15, -0.1) is 0 Å². The zero-order valence-electron chi connectivity index (χ0n) is 16.9. The highest BCUT2D eigenvalue weighted by molar-refractivity contribution is 5.80. The number of rotatable bonds is 3. The first-order valence-corrected chi connectivity index (χ1v) is 10.0. The van der Waals surface area contributed by atoms with Crippen molar-refractivity contribution >= 4 is 11.6 Å². The molecular formula is C21H28N4O3. The van der Waals surface area contributed by atoms with Crippen LogP contribution in [0.3, 0.4) is 0 Å². The van der Waals surface area contributed by atoms with Crippen molar-refractivity contribution in [1.29, 1.82) is 5.26 Å². The lowest BCUT2D eigenvalue weighted by Crippen LogP contribution is -2.48. The van der Waals surface area contributed by atoms with Crippen molar-refractivity contribution in [1.82, 2.24) is 9.88 Å². The Morgan fingerprint density at radius 1 is 1.43 bits per heavy atom. The fourth-order valence-electron chi connectivity index (χ4n) is 5.04. The number of nitrogens with zero attached hydrogens (tertiary/aromatic N) is 4. The highest BCUT2D eigenvalue weighted by Crippen LogP contribution is 2.48. The number of hydrogen-bond acceptors (Lipinski definition) is 6. The van der Waals surface area contributed by atoms with Crippen LogP contribution in [0.2, 0.25) is 0 Å². The smallest absolute Gasteiger partial charge is 0.228 e. The fourth-order valence-corrected chi connectivity index (χ4v) is 5.04. The molecule has 150 valence electrons. The van der Waals surface area contributed by atoms with Gasteiger partial charge in [-0.05, 0) is 33.3 Å².